The number of carbonyl (C=O) groups is 1. The second-order valence-electron chi connectivity index (χ2n) is 3.49. The summed E-state index contributed by atoms with van der Waals surface area (Å²) in [4.78, 5) is 22.5. The van der Waals surface area contributed by atoms with Gasteiger partial charge in [-0.05, 0) is 50.1 Å². The van der Waals surface area contributed by atoms with Crippen LogP contribution in [0.2, 0.25) is 0 Å². The number of rotatable bonds is 3. The van der Waals surface area contributed by atoms with Crippen LogP contribution in [-0.4, -0.2) is 10.8 Å². The van der Waals surface area contributed by atoms with Crippen LogP contribution in [0.5, 0.6) is 0 Å². The number of hydrogen-bond donors (Lipinski definition) is 1. The summed E-state index contributed by atoms with van der Waals surface area (Å²) in [5.41, 5.74) is 0.496. The van der Waals surface area contributed by atoms with Crippen molar-refractivity contribution in [1.29, 1.82) is 0 Å². The Morgan fingerprint density at radius 1 is 1.26 bits per heavy atom. The molecule has 98 valence electrons. The number of nitrogens with zero attached hydrogens (tertiary/aromatic N) is 1. The molecule has 0 radical (unpaired) electrons. The second kappa shape index (κ2) is 5.81. The Morgan fingerprint density at radius 3 is 2.37 bits per heavy atom. The van der Waals surface area contributed by atoms with Crippen LogP contribution >= 0.6 is 43.2 Å². The zero-order valence-electron chi connectivity index (χ0n) is 9.22. The van der Waals surface area contributed by atoms with Gasteiger partial charge in [0.05, 0.1) is 13.6 Å². The van der Waals surface area contributed by atoms with Gasteiger partial charge in [0.15, 0.2) is 0 Å². The average molecular weight is 406 g/mol. The van der Waals surface area contributed by atoms with Gasteiger partial charge in [0, 0.05) is 22.3 Å². The summed E-state index contributed by atoms with van der Waals surface area (Å²) in [6, 6.07) is 7.38. The fourth-order valence-electron chi connectivity index (χ4n) is 1.32. The molecule has 0 unspecified atom stereocenters. The van der Waals surface area contributed by atoms with Crippen molar-refractivity contribution in [2.24, 2.45) is 0 Å². The number of amides is 1. The lowest BCUT2D eigenvalue weighted by atomic mass is 10.3. The topological polar surface area (TPSA) is 72.2 Å². The van der Waals surface area contributed by atoms with Crippen LogP contribution in [0.1, 0.15) is 9.67 Å². The average Bonchev–Trinajstić information content (AvgIpc) is 2.70. The minimum Gasteiger partial charge on any atom is -0.321 e. The summed E-state index contributed by atoms with van der Waals surface area (Å²) < 4.78 is 1.65. The first-order valence-electron chi connectivity index (χ1n) is 4.98. The number of carbonyl (C=O) groups excluding carboxylic acids is 1. The Labute approximate surface area is 129 Å². The molecule has 0 aliphatic heterocycles. The molecule has 5 nitrogen and oxygen atoms in total. The molecule has 2 rings (SSSR count). The standard InChI is InChI=1S/C11H6Br2N2O3S/c12-8-5-9(19-10(8)13)11(16)14-6-1-3-7(4-2-6)15(17)18/h1-5H,(H,14,16). The minimum absolute atomic E-state index is 0.0142. The third-order valence-electron chi connectivity index (χ3n) is 2.20. The van der Waals surface area contributed by atoms with E-state index in [9.17, 15) is 14.9 Å². The molecule has 2 aromatic rings. The van der Waals surface area contributed by atoms with Crippen LogP contribution in [0, 0.1) is 10.1 Å². The molecule has 0 saturated carbocycles. The maximum atomic E-state index is 11.9. The summed E-state index contributed by atoms with van der Waals surface area (Å²) in [5, 5.41) is 13.2. The normalized spacial score (nSPS) is 10.2. The molecule has 19 heavy (non-hydrogen) atoms. The maximum Gasteiger partial charge on any atom is 0.269 e. The van der Waals surface area contributed by atoms with E-state index in [-0.39, 0.29) is 11.6 Å². The van der Waals surface area contributed by atoms with Gasteiger partial charge in [-0.1, -0.05) is 0 Å². The van der Waals surface area contributed by atoms with Crippen molar-refractivity contribution in [3.63, 3.8) is 0 Å². The van der Waals surface area contributed by atoms with Crippen molar-refractivity contribution < 1.29 is 9.72 Å². The quantitative estimate of drug-likeness (QED) is 0.606. The molecule has 1 aromatic carbocycles. The number of non-ortho nitro benzene ring substituents is 1. The zero-order chi connectivity index (χ0) is 14.0. The molecule has 0 aliphatic rings. The van der Waals surface area contributed by atoms with Gasteiger partial charge >= 0.3 is 0 Å². The largest absolute Gasteiger partial charge is 0.321 e. The minimum atomic E-state index is -0.487. The first-order chi connectivity index (χ1) is 8.97. The molecule has 1 heterocycles. The lowest BCUT2D eigenvalue weighted by Crippen LogP contribution is -2.09. The van der Waals surface area contributed by atoms with Crippen molar-refractivity contribution in [3.05, 3.63) is 53.6 Å². The van der Waals surface area contributed by atoms with E-state index in [0.29, 0.717) is 10.6 Å². The predicted molar refractivity (Wildman–Crippen MR) is 80.8 cm³/mol. The lowest BCUT2D eigenvalue weighted by molar-refractivity contribution is -0.384. The van der Waals surface area contributed by atoms with Crippen LogP contribution in [0.15, 0.2) is 38.6 Å². The molecule has 8 heteroatoms. The summed E-state index contributed by atoms with van der Waals surface area (Å²) in [7, 11) is 0. The van der Waals surface area contributed by atoms with E-state index >= 15 is 0 Å². The molecule has 0 aliphatic carbocycles. The first-order valence-corrected chi connectivity index (χ1v) is 7.38. The van der Waals surface area contributed by atoms with E-state index in [1.807, 2.05) is 0 Å². The predicted octanol–water partition coefficient (Wildman–Crippen LogP) is 4.43. The zero-order valence-corrected chi connectivity index (χ0v) is 13.2. The molecule has 0 spiro atoms. The number of halogens is 2. The van der Waals surface area contributed by atoms with Gasteiger partial charge < -0.3 is 5.32 Å². The van der Waals surface area contributed by atoms with Crippen LogP contribution < -0.4 is 5.32 Å². The number of nitro benzene ring substituents is 1. The van der Waals surface area contributed by atoms with Gasteiger partial charge in [-0.2, -0.15) is 0 Å². The molecule has 0 atom stereocenters. The summed E-state index contributed by atoms with van der Waals surface area (Å²) >= 11 is 7.92. The van der Waals surface area contributed by atoms with Gasteiger partial charge in [0.1, 0.15) is 0 Å². The number of nitro groups is 1. The van der Waals surface area contributed by atoms with Gasteiger partial charge in [0.25, 0.3) is 11.6 Å². The van der Waals surface area contributed by atoms with E-state index < -0.39 is 4.92 Å². The van der Waals surface area contributed by atoms with E-state index in [1.54, 1.807) is 6.07 Å². The van der Waals surface area contributed by atoms with Gasteiger partial charge in [0.2, 0.25) is 0 Å². The van der Waals surface area contributed by atoms with Gasteiger partial charge in [-0.25, -0.2) is 0 Å². The molecular weight excluding hydrogens is 400 g/mol. The fourth-order valence-corrected chi connectivity index (χ4v) is 3.25. The molecular formula is C11H6Br2N2O3S. The number of anilines is 1. The van der Waals surface area contributed by atoms with Crippen molar-refractivity contribution >= 4 is 60.5 Å². The van der Waals surface area contributed by atoms with E-state index in [4.69, 9.17) is 0 Å². The van der Waals surface area contributed by atoms with E-state index in [0.717, 1.165) is 8.26 Å². The third kappa shape index (κ3) is 3.40. The number of hydrogen-bond acceptors (Lipinski definition) is 4. The van der Waals surface area contributed by atoms with Crippen LogP contribution in [0.3, 0.4) is 0 Å². The van der Waals surface area contributed by atoms with Crippen molar-refractivity contribution in [2.75, 3.05) is 5.32 Å². The Morgan fingerprint density at radius 2 is 1.89 bits per heavy atom. The van der Waals surface area contributed by atoms with Crippen molar-refractivity contribution in [1.82, 2.24) is 0 Å². The summed E-state index contributed by atoms with van der Waals surface area (Å²) in [6.45, 7) is 0. The highest BCUT2D eigenvalue weighted by Crippen LogP contribution is 2.32. The van der Waals surface area contributed by atoms with Crippen molar-refractivity contribution in [2.45, 2.75) is 0 Å². The second-order valence-corrected chi connectivity index (χ2v) is 6.71. The van der Waals surface area contributed by atoms with Crippen molar-refractivity contribution in [3.8, 4) is 0 Å². The molecule has 1 N–H and O–H groups in total. The van der Waals surface area contributed by atoms with Crippen LogP contribution in [0.25, 0.3) is 0 Å². The van der Waals surface area contributed by atoms with Crippen LogP contribution in [0.4, 0.5) is 11.4 Å². The maximum absolute atomic E-state index is 11.9. The SMILES string of the molecule is O=C(Nc1ccc([N+](=O)[O-])cc1)c1cc(Br)c(Br)s1. The van der Waals surface area contributed by atoms with Gasteiger partial charge in [-0.15, -0.1) is 11.3 Å². The Kier molecular flexibility index (Phi) is 4.33. The fraction of sp³-hybridized carbons (Fsp3) is 0. The molecule has 0 saturated heterocycles. The smallest absolute Gasteiger partial charge is 0.269 e. The third-order valence-corrected chi connectivity index (χ3v) is 5.46. The summed E-state index contributed by atoms with van der Waals surface area (Å²) in [6.07, 6.45) is 0. The summed E-state index contributed by atoms with van der Waals surface area (Å²) in [5.74, 6) is -0.259. The highest BCUT2D eigenvalue weighted by atomic mass is 79.9. The van der Waals surface area contributed by atoms with E-state index in [1.165, 1.54) is 35.6 Å². The molecule has 1 aromatic heterocycles. The van der Waals surface area contributed by atoms with E-state index in [2.05, 4.69) is 37.2 Å². The van der Waals surface area contributed by atoms with Gasteiger partial charge in [-0.3, -0.25) is 14.9 Å². The Balaban J connectivity index is 2.12. The number of benzene rings is 1. The molecule has 0 fully saturated rings. The number of thiophene rings is 1. The first kappa shape index (κ1) is 14.2. The Hall–Kier alpha value is -1.25. The van der Waals surface area contributed by atoms with Crippen LogP contribution in [-0.2, 0) is 0 Å². The number of nitrogens with one attached hydrogen (secondary N) is 1. The highest BCUT2D eigenvalue weighted by Gasteiger charge is 2.12. The highest BCUT2D eigenvalue weighted by molar-refractivity contribution is 9.13. The Bertz CT molecular complexity index is 620. The lowest BCUT2D eigenvalue weighted by Gasteiger charge is -2.02. The molecule has 1 amide bonds. The molecule has 0 bridgehead atoms. The monoisotopic (exact) mass is 404 g/mol.